The van der Waals surface area contributed by atoms with E-state index >= 15 is 0 Å². The van der Waals surface area contributed by atoms with Gasteiger partial charge in [0.05, 0.1) is 35.4 Å². The van der Waals surface area contributed by atoms with Crippen molar-refractivity contribution in [2.45, 2.75) is 87.7 Å². The minimum absolute atomic E-state index is 0.135. The maximum absolute atomic E-state index is 12.9. The minimum atomic E-state index is -1.28. The van der Waals surface area contributed by atoms with Crippen LogP contribution in [0.5, 0.6) is 0 Å². The Morgan fingerprint density at radius 1 is 0.980 bits per heavy atom. The van der Waals surface area contributed by atoms with Crippen molar-refractivity contribution in [1.29, 1.82) is 0 Å². The lowest BCUT2D eigenvalue weighted by Crippen LogP contribution is -2.39. The second-order valence-corrected chi connectivity index (χ2v) is 28.9. The van der Waals surface area contributed by atoms with E-state index in [0.717, 1.165) is 76.2 Å². The van der Waals surface area contributed by atoms with E-state index in [1.165, 1.54) is 7.11 Å². The maximum atomic E-state index is 12.9. The molecule has 0 bridgehead atoms. The highest BCUT2D eigenvalue weighted by Gasteiger charge is 2.43. The molecule has 10 nitrogen and oxygen atoms in total. The molecule has 5 rings (SSSR count). The monoisotopic (exact) mass is 800 g/mol. The fourth-order valence-electron chi connectivity index (χ4n) is 6.21. The standard InChI is InChI=1S/C36H53BrN6O4SSi2/c1-45-35(44)36(48-2)16-14-27(15-17-36)32-31(37)34(41(25-46-18-20-49(3,4)5)26-47-19-21-50(6,7)8)43-33(40-32)30(23-39-43)28-22-38-42(24-28)29-12-10-9-11-13-29/h9-13,22-24,27H,14-21,25-26H2,1-8H3. The van der Waals surface area contributed by atoms with Crippen molar-refractivity contribution >= 4 is 61.3 Å². The van der Waals surface area contributed by atoms with Gasteiger partial charge in [0.1, 0.15) is 18.2 Å². The lowest BCUT2D eigenvalue weighted by atomic mass is 9.79. The van der Waals surface area contributed by atoms with E-state index in [2.05, 4.69) is 65.2 Å². The van der Waals surface area contributed by atoms with Gasteiger partial charge in [0.25, 0.3) is 0 Å². The molecule has 3 heterocycles. The van der Waals surface area contributed by atoms with Crippen LogP contribution in [0.3, 0.4) is 0 Å². The van der Waals surface area contributed by atoms with Crippen molar-refractivity contribution in [3.05, 3.63) is 59.1 Å². The topological polar surface area (TPSA) is 96.0 Å². The highest BCUT2D eigenvalue weighted by atomic mass is 79.9. The van der Waals surface area contributed by atoms with Crippen LogP contribution in [-0.2, 0) is 19.0 Å². The summed E-state index contributed by atoms with van der Waals surface area (Å²) in [4.78, 5) is 20.4. The largest absolute Gasteiger partial charge is 0.468 e. The van der Waals surface area contributed by atoms with Gasteiger partial charge < -0.3 is 19.1 Å². The number of methoxy groups -OCH3 is 1. The summed E-state index contributed by atoms with van der Waals surface area (Å²) in [5, 5.41) is 9.61. The Kier molecular flexibility index (Phi) is 12.7. The number of carbonyl (C=O) groups is 1. The molecule has 0 atom stereocenters. The van der Waals surface area contributed by atoms with Gasteiger partial charge in [0, 0.05) is 52.6 Å². The number of fused-ring (bicyclic) bond motifs is 1. The first-order valence-electron chi connectivity index (χ1n) is 17.5. The van der Waals surface area contributed by atoms with Gasteiger partial charge in [-0.3, -0.25) is 4.79 Å². The van der Waals surface area contributed by atoms with Crippen LogP contribution in [0.1, 0.15) is 37.3 Å². The number of hydrogen-bond donors (Lipinski definition) is 0. The Bertz CT molecular complexity index is 1710. The Morgan fingerprint density at radius 3 is 2.16 bits per heavy atom. The van der Waals surface area contributed by atoms with Crippen LogP contribution in [0, 0.1) is 0 Å². The first kappa shape index (κ1) is 38.7. The molecule has 1 fully saturated rings. The van der Waals surface area contributed by atoms with Gasteiger partial charge >= 0.3 is 5.97 Å². The van der Waals surface area contributed by atoms with E-state index in [0.29, 0.717) is 26.7 Å². The average Bonchev–Trinajstić information content (AvgIpc) is 3.74. The molecule has 1 aliphatic carbocycles. The minimum Gasteiger partial charge on any atom is -0.468 e. The molecular weight excluding hydrogens is 749 g/mol. The number of halogens is 1. The van der Waals surface area contributed by atoms with Gasteiger partial charge in [-0.25, -0.2) is 9.67 Å². The summed E-state index contributed by atoms with van der Waals surface area (Å²) < 4.78 is 22.1. The van der Waals surface area contributed by atoms with Crippen LogP contribution in [0.25, 0.3) is 22.5 Å². The number of rotatable bonds is 16. The van der Waals surface area contributed by atoms with Gasteiger partial charge in [-0.05, 0) is 72.1 Å². The molecule has 0 radical (unpaired) electrons. The average molecular weight is 802 g/mol. The number of carbonyl (C=O) groups excluding carboxylic acids is 1. The summed E-state index contributed by atoms with van der Waals surface area (Å²) in [6, 6.07) is 12.2. The molecule has 0 spiro atoms. The summed E-state index contributed by atoms with van der Waals surface area (Å²) >= 11 is 5.63. The predicted octanol–water partition coefficient (Wildman–Crippen LogP) is 8.71. The molecule has 0 amide bonds. The molecule has 0 aliphatic heterocycles. The zero-order chi connectivity index (χ0) is 36.1. The normalized spacial score (nSPS) is 18.5. The molecule has 0 N–H and O–H groups in total. The quantitative estimate of drug-likeness (QED) is 0.0477. The number of benzene rings is 1. The molecule has 0 saturated heterocycles. The van der Waals surface area contributed by atoms with Crippen molar-refractivity contribution in [1.82, 2.24) is 24.4 Å². The number of hydrogen-bond acceptors (Lipinski definition) is 9. The van der Waals surface area contributed by atoms with Crippen LogP contribution in [0.4, 0.5) is 5.82 Å². The fourth-order valence-corrected chi connectivity index (χ4v) is 9.45. The molecule has 1 aliphatic rings. The molecule has 0 unspecified atom stereocenters. The van der Waals surface area contributed by atoms with Gasteiger partial charge in [0.2, 0.25) is 0 Å². The zero-order valence-corrected chi connectivity index (χ0v) is 35.3. The lowest BCUT2D eigenvalue weighted by Gasteiger charge is -2.37. The summed E-state index contributed by atoms with van der Waals surface area (Å²) in [7, 11) is -1.07. The number of ether oxygens (including phenoxy) is 3. The third-order valence-electron chi connectivity index (χ3n) is 9.42. The predicted molar refractivity (Wildman–Crippen MR) is 213 cm³/mol. The fraction of sp³-hybridized carbons (Fsp3) is 0.556. The highest BCUT2D eigenvalue weighted by Crippen LogP contribution is 2.47. The SMILES string of the molecule is COC(=O)C1(SC)CCC(c2nc3c(-c4cnn(-c5ccccc5)c4)cnn3c(N(COCC[Si](C)(C)C)COCC[Si](C)(C)C)c2Br)CC1. The summed E-state index contributed by atoms with van der Waals surface area (Å²) in [5.74, 6) is 0.843. The van der Waals surface area contributed by atoms with Gasteiger partial charge in [-0.15, -0.1) is 11.8 Å². The molecule has 14 heteroatoms. The number of para-hydroxylation sites is 1. The van der Waals surface area contributed by atoms with Crippen LogP contribution in [-0.4, -0.2) is 91.3 Å². The van der Waals surface area contributed by atoms with Crippen molar-refractivity contribution in [3.8, 4) is 16.8 Å². The van der Waals surface area contributed by atoms with Crippen LogP contribution in [0.15, 0.2) is 53.4 Å². The van der Waals surface area contributed by atoms with Gasteiger partial charge in [-0.1, -0.05) is 57.5 Å². The smallest absolute Gasteiger partial charge is 0.321 e. The molecule has 4 aromatic rings. The summed E-state index contributed by atoms with van der Waals surface area (Å²) in [6.07, 6.45) is 10.8. The van der Waals surface area contributed by atoms with Crippen molar-refractivity contribution in [2.24, 2.45) is 0 Å². The Morgan fingerprint density at radius 2 is 1.60 bits per heavy atom. The third-order valence-corrected chi connectivity index (χ3v) is 14.9. The maximum Gasteiger partial charge on any atom is 0.321 e. The van der Waals surface area contributed by atoms with Gasteiger partial charge in [-0.2, -0.15) is 14.7 Å². The molecule has 3 aromatic heterocycles. The molecule has 272 valence electrons. The van der Waals surface area contributed by atoms with E-state index in [9.17, 15) is 4.79 Å². The second kappa shape index (κ2) is 16.5. The van der Waals surface area contributed by atoms with Crippen LogP contribution in [0.2, 0.25) is 51.4 Å². The van der Waals surface area contributed by atoms with Crippen molar-refractivity contribution in [3.63, 3.8) is 0 Å². The molecule has 50 heavy (non-hydrogen) atoms. The van der Waals surface area contributed by atoms with E-state index in [4.69, 9.17) is 24.3 Å². The second-order valence-electron chi connectivity index (χ2n) is 15.6. The Hall–Kier alpha value is -2.50. The van der Waals surface area contributed by atoms with Crippen LogP contribution >= 0.6 is 27.7 Å². The lowest BCUT2D eigenvalue weighted by molar-refractivity contribution is -0.144. The molecule has 1 saturated carbocycles. The number of esters is 1. The highest BCUT2D eigenvalue weighted by molar-refractivity contribution is 9.10. The molecule has 1 aromatic carbocycles. The molecular formula is C36H53BrN6O4SSi2. The summed E-state index contributed by atoms with van der Waals surface area (Å²) in [5.41, 5.74) is 4.50. The Labute approximate surface area is 311 Å². The van der Waals surface area contributed by atoms with Crippen molar-refractivity contribution < 1.29 is 19.0 Å². The first-order valence-corrected chi connectivity index (χ1v) is 26.9. The zero-order valence-electron chi connectivity index (χ0n) is 30.9. The van der Waals surface area contributed by atoms with E-state index in [-0.39, 0.29) is 11.9 Å². The Balaban J connectivity index is 1.57. The summed E-state index contributed by atoms with van der Waals surface area (Å²) in [6.45, 7) is 16.3. The van der Waals surface area contributed by atoms with Gasteiger partial charge in [0.15, 0.2) is 11.5 Å². The van der Waals surface area contributed by atoms with Crippen molar-refractivity contribution in [2.75, 3.05) is 44.9 Å². The van der Waals surface area contributed by atoms with E-state index in [1.807, 2.05) is 64.4 Å². The van der Waals surface area contributed by atoms with Crippen LogP contribution < -0.4 is 4.90 Å². The first-order chi connectivity index (χ1) is 23.7. The number of nitrogens with zero attached hydrogens (tertiary/aromatic N) is 6. The number of thioether (sulfide) groups is 1. The number of aromatic nitrogens is 5. The third kappa shape index (κ3) is 9.29. The van der Waals surface area contributed by atoms with E-state index in [1.54, 1.807) is 11.8 Å². The van der Waals surface area contributed by atoms with E-state index < -0.39 is 20.9 Å². The number of anilines is 1.